The van der Waals surface area contributed by atoms with Crippen molar-refractivity contribution in [3.05, 3.63) is 28.8 Å². The molecule has 3 unspecified atom stereocenters. The third kappa shape index (κ3) is 1.44. The van der Waals surface area contributed by atoms with Gasteiger partial charge in [0.2, 0.25) is 5.91 Å². The lowest BCUT2D eigenvalue weighted by Crippen LogP contribution is -2.30. The van der Waals surface area contributed by atoms with E-state index in [1.165, 1.54) is 10.5 Å². The van der Waals surface area contributed by atoms with E-state index in [2.05, 4.69) is 6.07 Å². The van der Waals surface area contributed by atoms with Crippen LogP contribution in [0, 0.1) is 12.8 Å². The zero-order chi connectivity index (χ0) is 12.2. The molecule has 0 aromatic heterocycles. The Balaban J connectivity index is 2.22. The van der Waals surface area contributed by atoms with E-state index in [0.717, 1.165) is 23.3 Å². The molecular formula is C13H15NO2S. The molecule has 3 rings (SSSR count). The van der Waals surface area contributed by atoms with E-state index in [-0.39, 0.29) is 11.8 Å². The highest BCUT2D eigenvalue weighted by atomic mass is 32.2. The summed E-state index contributed by atoms with van der Waals surface area (Å²) in [6.45, 7) is 1.98. The average Bonchev–Trinajstić information content (AvgIpc) is 2.58. The highest BCUT2D eigenvalue weighted by Gasteiger charge is 2.46. The molecule has 17 heavy (non-hydrogen) atoms. The molecule has 1 aliphatic carbocycles. The fourth-order valence-corrected chi connectivity index (χ4v) is 4.35. The zero-order valence-electron chi connectivity index (χ0n) is 9.64. The molecule has 0 spiro atoms. The highest BCUT2D eigenvalue weighted by Crippen LogP contribution is 2.54. The standard InChI is InChI=1S/C13H15NO2S/c1-6-2-3-8-10-7(4-5-17-8)11(13(14)16)12(15)9(6)10/h2-3,7,11-12,15H,4-5H2,1H3,(H2,14,16). The molecule has 1 amide bonds. The number of hydrogen-bond donors (Lipinski definition) is 2. The summed E-state index contributed by atoms with van der Waals surface area (Å²) in [5.74, 6) is 0.298. The van der Waals surface area contributed by atoms with Gasteiger partial charge in [-0.3, -0.25) is 4.79 Å². The Labute approximate surface area is 104 Å². The predicted octanol–water partition coefficient (Wildman–Crippen LogP) is 1.72. The van der Waals surface area contributed by atoms with E-state index in [4.69, 9.17) is 5.73 Å². The highest BCUT2D eigenvalue weighted by molar-refractivity contribution is 7.99. The summed E-state index contributed by atoms with van der Waals surface area (Å²) < 4.78 is 0. The van der Waals surface area contributed by atoms with E-state index < -0.39 is 12.0 Å². The molecule has 1 heterocycles. The molecule has 1 aromatic rings. The number of carbonyl (C=O) groups is 1. The van der Waals surface area contributed by atoms with Crippen LogP contribution in [0.4, 0.5) is 0 Å². The van der Waals surface area contributed by atoms with Gasteiger partial charge in [-0.1, -0.05) is 6.07 Å². The van der Waals surface area contributed by atoms with Gasteiger partial charge in [-0.2, -0.15) is 0 Å². The van der Waals surface area contributed by atoms with Crippen molar-refractivity contribution in [1.82, 2.24) is 0 Å². The monoisotopic (exact) mass is 249 g/mol. The normalized spacial score (nSPS) is 30.1. The van der Waals surface area contributed by atoms with Crippen molar-refractivity contribution < 1.29 is 9.90 Å². The first kappa shape index (κ1) is 11.1. The van der Waals surface area contributed by atoms with Crippen LogP contribution in [0.2, 0.25) is 0 Å². The van der Waals surface area contributed by atoms with Crippen LogP contribution in [-0.4, -0.2) is 16.8 Å². The van der Waals surface area contributed by atoms with Crippen LogP contribution in [0.15, 0.2) is 17.0 Å². The molecule has 0 saturated heterocycles. The quantitative estimate of drug-likeness (QED) is 0.796. The van der Waals surface area contributed by atoms with E-state index in [1.54, 1.807) is 0 Å². The molecule has 1 aliphatic heterocycles. The summed E-state index contributed by atoms with van der Waals surface area (Å²) >= 11 is 1.81. The van der Waals surface area contributed by atoms with Crippen LogP contribution in [0.1, 0.15) is 35.1 Å². The smallest absolute Gasteiger partial charge is 0.224 e. The van der Waals surface area contributed by atoms with Crippen molar-refractivity contribution in [2.24, 2.45) is 11.7 Å². The summed E-state index contributed by atoms with van der Waals surface area (Å²) in [6, 6.07) is 4.12. The second-order valence-corrected chi connectivity index (χ2v) is 5.96. The Hall–Kier alpha value is -1.00. The minimum atomic E-state index is -0.717. The van der Waals surface area contributed by atoms with Gasteiger partial charge in [0, 0.05) is 10.8 Å². The van der Waals surface area contributed by atoms with Crippen LogP contribution >= 0.6 is 11.8 Å². The van der Waals surface area contributed by atoms with Crippen LogP contribution in [0.5, 0.6) is 0 Å². The van der Waals surface area contributed by atoms with Crippen LogP contribution in [0.3, 0.4) is 0 Å². The molecule has 0 bridgehead atoms. The van der Waals surface area contributed by atoms with Crippen LogP contribution in [-0.2, 0) is 4.79 Å². The first-order valence-electron chi connectivity index (χ1n) is 5.85. The molecule has 3 nitrogen and oxygen atoms in total. The van der Waals surface area contributed by atoms with Gasteiger partial charge < -0.3 is 10.8 Å². The maximum absolute atomic E-state index is 11.6. The maximum Gasteiger partial charge on any atom is 0.224 e. The largest absolute Gasteiger partial charge is 0.388 e. The molecule has 0 fully saturated rings. The molecule has 1 aromatic carbocycles. The molecule has 0 radical (unpaired) electrons. The molecule has 2 aliphatic rings. The fourth-order valence-electron chi connectivity index (χ4n) is 3.18. The Morgan fingerprint density at radius 2 is 2.24 bits per heavy atom. The lowest BCUT2D eigenvalue weighted by molar-refractivity contribution is -0.125. The fraction of sp³-hybridized carbons (Fsp3) is 0.462. The predicted molar refractivity (Wildman–Crippen MR) is 66.9 cm³/mol. The SMILES string of the molecule is Cc1ccc2c3c1C(O)C(C(N)=O)C3CCS2. The Kier molecular flexibility index (Phi) is 2.45. The third-order valence-electron chi connectivity index (χ3n) is 3.92. The number of amides is 1. The minimum absolute atomic E-state index is 0.119. The van der Waals surface area contributed by atoms with Crippen molar-refractivity contribution in [2.45, 2.75) is 30.3 Å². The molecule has 90 valence electrons. The van der Waals surface area contributed by atoms with Gasteiger partial charge in [0.25, 0.3) is 0 Å². The van der Waals surface area contributed by atoms with Gasteiger partial charge in [-0.05, 0) is 41.9 Å². The van der Waals surface area contributed by atoms with Crippen molar-refractivity contribution in [2.75, 3.05) is 5.75 Å². The summed E-state index contributed by atoms with van der Waals surface area (Å²) in [6.07, 6.45) is 0.213. The van der Waals surface area contributed by atoms with E-state index >= 15 is 0 Å². The second-order valence-electron chi connectivity index (χ2n) is 4.82. The number of primary amides is 1. The summed E-state index contributed by atoms with van der Waals surface area (Å²) in [4.78, 5) is 12.8. The van der Waals surface area contributed by atoms with Crippen molar-refractivity contribution in [1.29, 1.82) is 0 Å². The topological polar surface area (TPSA) is 63.3 Å². The lowest BCUT2D eigenvalue weighted by Gasteiger charge is -2.24. The minimum Gasteiger partial charge on any atom is -0.388 e. The average molecular weight is 249 g/mol. The second kappa shape index (κ2) is 3.75. The van der Waals surface area contributed by atoms with Crippen molar-refractivity contribution >= 4 is 17.7 Å². The van der Waals surface area contributed by atoms with Gasteiger partial charge in [-0.25, -0.2) is 0 Å². The number of carbonyl (C=O) groups excluding carboxylic acids is 1. The van der Waals surface area contributed by atoms with Gasteiger partial charge in [-0.15, -0.1) is 11.8 Å². The molecule has 3 N–H and O–H groups in total. The van der Waals surface area contributed by atoms with E-state index in [0.29, 0.717) is 0 Å². The number of aliphatic hydroxyl groups is 1. The third-order valence-corrected chi connectivity index (χ3v) is 5.03. The number of rotatable bonds is 1. The van der Waals surface area contributed by atoms with Gasteiger partial charge in [0.05, 0.1) is 12.0 Å². The van der Waals surface area contributed by atoms with Gasteiger partial charge in [0.1, 0.15) is 0 Å². The summed E-state index contributed by atoms with van der Waals surface area (Å²) in [5, 5.41) is 10.3. The number of benzene rings is 1. The maximum atomic E-state index is 11.6. The lowest BCUT2D eigenvalue weighted by atomic mass is 9.88. The number of thioether (sulfide) groups is 1. The Bertz CT molecular complexity index is 500. The number of nitrogens with two attached hydrogens (primary N) is 1. The number of aliphatic hydroxyl groups excluding tert-OH is 1. The van der Waals surface area contributed by atoms with Crippen LogP contribution in [0.25, 0.3) is 0 Å². The van der Waals surface area contributed by atoms with E-state index in [9.17, 15) is 9.90 Å². The van der Waals surface area contributed by atoms with Crippen molar-refractivity contribution in [3.63, 3.8) is 0 Å². The summed E-state index contributed by atoms with van der Waals surface area (Å²) in [7, 11) is 0. The molecule has 0 saturated carbocycles. The van der Waals surface area contributed by atoms with Crippen LogP contribution < -0.4 is 5.73 Å². The van der Waals surface area contributed by atoms with Gasteiger partial charge in [0.15, 0.2) is 0 Å². The molecule has 4 heteroatoms. The first-order valence-corrected chi connectivity index (χ1v) is 6.83. The zero-order valence-corrected chi connectivity index (χ0v) is 10.5. The summed E-state index contributed by atoms with van der Waals surface area (Å²) in [5.41, 5.74) is 8.64. The first-order chi connectivity index (χ1) is 8.11. The number of hydrogen-bond acceptors (Lipinski definition) is 3. The molecular weight excluding hydrogens is 234 g/mol. The van der Waals surface area contributed by atoms with Crippen molar-refractivity contribution in [3.8, 4) is 0 Å². The molecule has 3 atom stereocenters. The Morgan fingerprint density at radius 3 is 2.94 bits per heavy atom. The number of aryl methyl sites for hydroxylation is 1. The van der Waals surface area contributed by atoms with Gasteiger partial charge >= 0.3 is 0 Å². The Morgan fingerprint density at radius 1 is 1.47 bits per heavy atom. The van der Waals surface area contributed by atoms with E-state index in [1.807, 2.05) is 24.8 Å².